The van der Waals surface area contributed by atoms with E-state index in [-0.39, 0.29) is 0 Å². The minimum Gasteiger partial charge on any atom is -0.469 e. The fraction of sp³-hybridized carbons (Fsp3) is 0.692. The fourth-order valence-corrected chi connectivity index (χ4v) is 2.35. The lowest BCUT2D eigenvalue weighted by Gasteiger charge is -2.16. The van der Waals surface area contributed by atoms with Crippen molar-refractivity contribution in [3.05, 3.63) is 23.7 Å². The first-order valence-corrected chi connectivity index (χ1v) is 6.13. The Hall–Kier alpha value is -0.800. The van der Waals surface area contributed by atoms with Gasteiger partial charge < -0.3 is 14.5 Å². The number of hydrogen-bond donors (Lipinski definition) is 1. The zero-order valence-corrected chi connectivity index (χ0v) is 10.2. The van der Waals surface area contributed by atoms with Crippen molar-refractivity contribution < 1.29 is 9.15 Å². The highest BCUT2D eigenvalue weighted by Gasteiger charge is 2.18. The number of aryl methyl sites for hydroxylation is 1. The lowest BCUT2D eigenvalue weighted by molar-refractivity contribution is 0.0998. The number of nitrogens with one attached hydrogen (secondary N) is 1. The van der Waals surface area contributed by atoms with Crippen molar-refractivity contribution in [2.75, 3.05) is 13.7 Å². The molecule has 2 atom stereocenters. The maximum Gasteiger partial charge on any atom is 0.101 e. The van der Waals surface area contributed by atoms with E-state index in [9.17, 15) is 0 Å². The second-order valence-corrected chi connectivity index (χ2v) is 4.54. The predicted octanol–water partition coefficient (Wildman–Crippen LogP) is 2.81. The van der Waals surface area contributed by atoms with Gasteiger partial charge in [-0.1, -0.05) is 0 Å². The Morgan fingerprint density at radius 2 is 2.44 bits per heavy atom. The van der Waals surface area contributed by atoms with Crippen molar-refractivity contribution >= 4 is 0 Å². The summed E-state index contributed by atoms with van der Waals surface area (Å²) in [4.78, 5) is 0. The van der Waals surface area contributed by atoms with Gasteiger partial charge in [0.25, 0.3) is 0 Å². The molecule has 0 radical (unpaired) electrons. The van der Waals surface area contributed by atoms with Gasteiger partial charge in [-0.05, 0) is 45.7 Å². The van der Waals surface area contributed by atoms with Crippen LogP contribution >= 0.6 is 0 Å². The van der Waals surface area contributed by atoms with Crippen molar-refractivity contribution in [1.82, 2.24) is 5.32 Å². The molecule has 2 heterocycles. The Kier molecular flexibility index (Phi) is 4.02. The van der Waals surface area contributed by atoms with Gasteiger partial charge in [0.1, 0.15) is 5.76 Å². The molecule has 0 spiro atoms. The van der Waals surface area contributed by atoms with E-state index in [2.05, 4.69) is 11.4 Å². The second-order valence-electron chi connectivity index (χ2n) is 4.54. The molecule has 0 bridgehead atoms. The van der Waals surface area contributed by atoms with Crippen molar-refractivity contribution in [2.45, 2.75) is 44.8 Å². The topological polar surface area (TPSA) is 34.4 Å². The highest BCUT2D eigenvalue weighted by atomic mass is 16.5. The average molecular weight is 223 g/mol. The molecule has 16 heavy (non-hydrogen) atoms. The summed E-state index contributed by atoms with van der Waals surface area (Å²) in [6.07, 6.45) is 7.02. The molecule has 0 saturated carbocycles. The fourth-order valence-electron chi connectivity index (χ4n) is 2.35. The Morgan fingerprint density at radius 3 is 3.00 bits per heavy atom. The minimum absolute atomic E-state index is 0.390. The maximum absolute atomic E-state index is 5.64. The van der Waals surface area contributed by atoms with Crippen molar-refractivity contribution in [3.8, 4) is 0 Å². The first-order chi connectivity index (χ1) is 7.79. The molecule has 2 unspecified atom stereocenters. The Labute approximate surface area is 97.2 Å². The van der Waals surface area contributed by atoms with Crippen molar-refractivity contribution in [3.63, 3.8) is 0 Å². The molecular formula is C13H21NO2. The summed E-state index contributed by atoms with van der Waals surface area (Å²) in [7, 11) is 2.00. The lowest BCUT2D eigenvalue weighted by Crippen LogP contribution is -2.18. The SMILES string of the molecule is CNC(CCC1CCCO1)c1coc(C)c1. The van der Waals surface area contributed by atoms with Crippen LogP contribution in [0.2, 0.25) is 0 Å². The van der Waals surface area contributed by atoms with Gasteiger partial charge in [0, 0.05) is 18.2 Å². The third-order valence-corrected chi connectivity index (χ3v) is 3.30. The summed E-state index contributed by atoms with van der Waals surface area (Å²) >= 11 is 0. The predicted molar refractivity (Wildman–Crippen MR) is 63.5 cm³/mol. The lowest BCUT2D eigenvalue weighted by atomic mass is 10.0. The van der Waals surface area contributed by atoms with Crippen LogP contribution in [0.15, 0.2) is 16.7 Å². The molecule has 1 aromatic rings. The van der Waals surface area contributed by atoms with Crippen LogP contribution in [0.4, 0.5) is 0 Å². The molecule has 1 aliphatic rings. The first-order valence-electron chi connectivity index (χ1n) is 6.13. The zero-order chi connectivity index (χ0) is 11.4. The minimum atomic E-state index is 0.390. The standard InChI is InChI=1S/C13H21NO2/c1-10-8-11(9-16-10)13(14-2)6-5-12-4-3-7-15-12/h8-9,12-14H,3-7H2,1-2H3. The van der Waals surface area contributed by atoms with Crippen LogP contribution < -0.4 is 5.32 Å². The molecule has 2 rings (SSSR count). The van der Waals surface area contributed by atoms with Crippen molar-refractivity contribution in [2.24, 2.45) is 0 Å². The Morgan fingerprint density at radius 1 is 1.56 bits per heavy atom. The molecule has 3 heteroatoms. The quantitative estimate of drug-likeness (QED) is 0.833. The van der Waals surface area contributed by atoms with Crippen LogP contribution in [0.25, 0.3) is 0 Å². The van der Waals surface area contributed by atoms with Gasteiger partial charge in [-0.3, -0.25) is 0 Å². The Balaban J connectivity index is 1.85. The smallest absolute Gasteiger partial charge is 0.101 e. The third kappa shape index (κ3) is 2.86. The summed E-state index contributed by atoms with van der Waals surface area (Å²) in [6, 6.07) is 2.50. The maximum atomic E-state index is 5.64. The van der Waals surface area contributed by atoms with Gasteiger partial charge in [-0.2, -0.15) is 0 Å². The first kappa shape index (κ1) is 11.7. The molecular weight excluding hydrogens is 202 g/mol. The monoisotopic (exact) mass is 223 g/mol. The van der Waals surface area contributed by atoms with E-state index in [0.29, 0.717) is 12.1 Å². The highest BCUT2D eigenvalue weighted by Crippen LogP contribution is 2.24. The molecule has 90 valence electrons. The van der Waals surface area contributed by atoms with E-state index >= 15 is 0 Å². The molecule has 0 aliphatic carbocycles. The molecule has 1 aliphatic heterocycles. The van der Waals surface area contributed by atoms with Gasteiger partial charge in [0.15, 0.2) is 0 Å². The van der Waals surface area contributed by atoms with Crippen LogP contribution in [-0.2, 0) is 4.74 Å². The van der Waals surface area contributed by atoms with Gasteiger partial charge in [-0.15, -0.1) is 0 Å². The summed E-state index contributed by atoms with van der Waals surface area (Å²) in [6.45, 7) is 2.93. The van der Waals surface area contributed by atoms with Crippen LogP contribution in [0.1, 0.15) is 43.0 Å². The molecule has 1 fully saturated rings. The van der Waals surface area contributed by atoms with Crippen LogP contribution in [0, 0.1) is 6.92 Å². The summed E-state index contributed by atoms with van der Waals surface area (Å²) in [5.74, 6) is 0.979. The van der Waals surface area contributed by atoms with Crippen LogP contribution in [0.3, 0.4) is 0 Å². The van der Waals surface area contributed by atoms with Crippen LogP contribution in [0.5, 0.6) is 0 Å². The number of furan rings is 1. The van der Waals surface area contributed by atoms with E-state index in [1.54, 1.807) is 0 Å². The summed E-state index contributed by atoms with van der Waals surface area (Å²) < 4.78 is 11.0. The summed E-state index contributed by atoms with van der Waals surface area (Å²) in [5, 5.41) is 3.34. The van der Waals surface area contributed by atoms with E-state index < -0.39 is 0 Å². The van der Waals surface area contributed by atoms with Gasteiger partial charge >= 0.3 is 0 Å². The summed E-state index contributed by atoms with van der Waals surface area (Å²) in [5.41, 5.74) is 1.25. The Bertz CT molecular complexity index is 315. The molecule has 0 aromatic carbocycles. The second kappa shape index (κ2) is 5.51. The highest BCUT2D eigenvalue weighted by molar-refractivity contribution is 5.16. The van der Waals surface area contributed by atoms with Crippen molar-refractivity contribution in [1.29, 1.82) is 0 Å². The van der Waals surface area contributed by atoms with Gasteiger partial charge in [0.2, 0.25) is 0 Å². The number of hydrogen-bond acceptors (Lipinski definition) is 3. The van der Waals surface area contributed by atoms with E-state index in [1.807, 2.05) is 20.2 Å². The largest absolute Gasteiger partial charge is 0.469 e. The average Bonchev–Trinajstić information content (AvgIpc) is 2.91. The third-order valence-electron chi connectivity index (χ3n) is 3.30. The van der Waals surface area contributed by atoms with Gasteiger partial charge in [-0.25, -0.2) is 0 Å². The number of ether oxygens (including phenoxy) is 1. The van der Waals surface area contributed by atoms with Crippen LogP contribution in [-0.4, -0.2) is 19.8 Å². The molecule has 1 saturated heterocycles. The molecule has 0 amide bonds. The number of rotatable bonds is 5. The zero-order valence-electron chi connectivity index (χ0n) is 10.2. The molecule has 3 nitrogen and oxygen atoms in total. The van der Waals surface area contributed by atoms with E-state index in [1.165, 1.54) is 18.4 Å². The van der Waals surface area contributed by atoms with E-state index in [0.717, 1.165) is 25.2 Å². The molecule has 1 aromatic heterocycles. The molecule has 1 N–H and O–H groups in total. The normalized spacial score (nSPS) is 22.5. The van der Waals surface area contributed by atoms with E-state index in [4.69, 9.17) is 9.15 Å². The van der Waals surface area contributed by atoms with Gasteiger partial charge in [0.05, 0.1) is 12.4 Å².